The van der Waals surface area contributed by atoms with Gasteiger partial charge in [-0.25, -0.2) is 0 Å². The van der Waals surface area contributed by atoms with Gasteiger partial charge in [0.1, 0.15) is 0 Å². The van der Waals surface area contributed by atoms with Crippen LogP contribution in [-0.4, -0.2) is 0 Å². The van der Waals surface area contributed by atoms with E-state index in [-0.39, 0.29) is 0 Å². The average molecular weight is 448 g/mol. The van der Waals surface area contributed by atoms with E-state index in [4.69, 9.17) is 0 Å². The molecule has 106 valence electrons. The molecule has 0 radical (unpaired) electrons. The van der Waals surface area contributed by atoms with Crippen molar-refractivity contribution >= 4 is 19.8 Å². The first-order chi connectivity index (χ1) is 8.88. The molecule has 0 aromatic heterocycles. The van der Waals surface area contributed by atoms with E-state index in [1.165, 1.54) is 77.0 Å². The molecule has 18 heavy (non-hydrogen) atoms. The van der Waals surface area contributed by atoms with Gasteiger partial charge >= 0.3 is 130 Å². The molecule has 0 aliphatic heterocycles. The van der Waals surface area contributed by atoms with Gasteiger partial charge in [-0.1, -0.05) is 0 Å². The molecule has 0 spiro atoms. The molecule has 2 aliphatic rings. The Kier molecular flexibility index (Phi) is 7.53. The van der Waals surface area contributed by atoms with Crippen LogP contribution in [0.3, 0.4) is 0 Å². The summed E-state index contributed by atoms with van der Waals surface area (Å²) in [7, 11) is 0. The van der Waals surface area contributed by atoms with Gasteiger partial charge in [-0.05, 0) is 0 Å². The van der Waals surface area contributed by atoms with Gasteiger partial charge in [0.25, 0.3) is 0 Å². The van der Waals surface area contributed by atoms with Crippen molar-refractivity contribution in [2.45, 2.75) is 77.0 Å². The molecule has 2 rings (SSSR count). The van der Waals surface area contributed by atoms with Crippen molar-refractivity contribution in [1.29, 1.82) is 0 Å². The van der Waals surface area contributed by atoms with Gasteiger partial charge in [-0.15, -0.1) is 0 Å². The fourth-order valence-electron chi connectivity index (χ4n) is 2.68. The predicted octanol–water partition coefficient (Wildman–Crippen LogP) is 6.43. The SMILES string of the molecule is [I][Rh]([C]1=CCCCCCC1)[C]1=CCCCCCC1. The van der Waals surface area contributed by atoms with Crippen molar-refractivity contribution in [3.63, 3.8) is 0 Å². The van der Waals surface area contributed by atoms with E-state index in [2.05, 4.69) is 31.9 Å². The van der Waals surface area contributed by atoms with Crippen LogP contribution in [0.25, 0.3) is 0 Å². The first-order valence-corrected chi connectivity index (χ1v) is 14.1. The van der Waals surface area contributed by atoms with Crippen LogP contribution >= 0.6 is 19.8 Å². The molecule has 0 fully saturated rings. The minimum absolute atomic E-state index is 0.676. The maximum absolute atomic E-state index is 2.83. The van der Waals surface area contributed by atoms with Crippen molar-refractivity contribution < 1.29 is 12.4 Å². The molecule has 0 N–H and O–H groups in total. The van der Waals surface area contributed by atoms with Crippen molar-refractivity contribution in [1.82, 2.24) is 0 Å². The van der Waals surface area contributed by atoms with Gasteiger partial charge in [0.05, 0.1) is 0 Å². The molecule has 0 saturated carbocycles. The van der Waals surface area contributed by atoms with E-state index in [0.717, 1.165) is 0 Å². The Labute approximate surface area is 129 Å². The molecule has 0 heterocycles. The second kappa shape index (κ2) is 8.90. The number of hydrogen-bond donors (Lipinski definition) is 0. The third-order valence-corrected chi connectivity index (χ3v) is 12.6. The van der Waals surface area contributed by atoms with Gasteiger partial charge in [0.15, 0.2) is 0 Å². The van der Waals surface area contributed by atoms with E-state index in [1.807, 2.05) is 8.33 Å². The summed E-state index contributed by atoms with van der Waals surface area (Å²) in [6.07, 6.45) is 22.4. The predicted molar refractivity (Wildman–Crippen MR) is 85.6 cm³/mol. The van der Waals surface area contributed by atoms with E-state index in [9.17, 15) is 0 Å². The summed E-state index contributed by atoms with van der Waals surface area (Å²) in [5.41, 5.74) is 0. The second-order valence-electron chi connectivity index (χ2n) is 5.36. The molecule has 0 saturated heterocycles. The maximum atomic E-state index is 2.83. The molecule has 0 aromatic carbocycles. The summed E-state index contributed by atoms with van der Waals surface area (Å²) in [5.74, 6) is 0. The second-order valence-corrected chi connectivity index (χ2v) is 12.7. The van der Waals surface area contributed by atoms with Crippen LogP contribution in [-0.2, 0) is 12.4 Å². The molecule has 0 nitrogen and oxygen atoms in total. The van der Waals surface area contributed by atoms with Crippen LogP contribution < -0.4 is 0 Å². The molecule has 0 atom stereocenters. The van der Waals surface area contributed by atoms with Crippen LogP contribution in [0.2, 0.25) is 0 Å². The van der Waals surface area contributed by atoms with Crippen molar-refractivity contribution in [3.8, 4) is 0 Å². The fraction of sp³-hybridized carbons (Fsp3) is 0.750. The zero-order valence-electron chi connectivity index (χ0n) is 11.4. The normalized spacial score (nSPS) is 23.9. The Hall–Kier alpha value is 0.833. The first kappa shape index (κ1) is 15.2. The molecule has 0 amide bonds. The Morgan fingerprint density at radius 2 is 1.11 bits per heavy atom. The zero-order valence-corrected chi connectivity index (χ0v) is 15.1. The molecular formula is C16H26IRh. The van der Waals surface area contributed by atoms with Gasteiger partial charge in [0, 0.05) is 0 Å². The Morgan fingerprint density at radius 1 is 0.667 bits per heavy atom. The molecule has 0 unspecified atom stereocenters. The van der Waals surface area contributed by atoms with Crippen LogP contribution in [0.1, 0.15) is 77.0 Å². The number of allylic oxidation sites excluding steroid dienone is 4. The molecule has 0 bridgehead atoms. The van der Waals surface area contributed by atoms with Gasteiger partial charge in [-0.2, -0.15) is 0 Å². The summed E-state index contributed by atoms with van der Waals surface area (Å²) in [4.78, 5) is 0. The van der Waals surface area contributed by atoms with Crippen LogP contribution in [0, 0.1) is 0 Å². The number of rotatable bonds is 2. The monoisotopic (exact) mass is 448 g/mol. The first-order valence-electron chi connectivity index (χ1n) is 7.56. The van der Waals surface area contributed by atoms with E-state index < -0.39 is 12.4 Å². The summed E-state index contributed by atoms with van der Waals surface area (Å²) in [6.45, 7) is 0. The van der Waals surface area contributed by atoms with E-state index in [0.29, 0.717) is 0 Å². The summed E-state index contributed by atoms with van der Waals surface area (Å²) in [6, 6.07) is 0. The van der Waals surface area contributed by atoms with Crippen LogP contribution in [0.15, 0.2) is 20.5 Å². The fourth-order valence-corrected chi connectivity index (χ4v) is 9.58. The minimum atomic E-state index is -0.676. The quantitative estimate of drug-likeness (QED) is 0.338. The summed E-state index contributed by atoms with van der Waals surface area (Å²) in [5, 5.41) is 0. The van der Waals surface area contributed by atoms with Crippen molar-refractivity contribution in [2.24, 2.45) is 0 Å². The number of halogens is 1. The Balaban J connectivity index is 2.00. The third-order valence-electron chi connectivity index (χ3n) is 3.81. The molecule has 2 aliphatic carbocycles. The standard InChI is InChI=1S/2C8H13.HI.Rh/c2*1-2-4-6-8-7-5-3-1;;/h2*1H,2,4-8H2;1H;/q;;;+1/p-1. The van der Waals surface area contributed by atoms with Crippen LogP contribution in [0.4, 0.5) is 0 Å². The third kappa shape index (κ3) is 5.08. The van der Waals surface area contributed by atoms with E-state index >= 15 is 0 Å². The average Bonchev–Trinajstić information content (AvgIpc) is 2.27. The number of hydrogen-bond acceptors (Lipinski definition) is 0. The topological polar surface area (TPSA) is 0 Å². The molecule has 2 heteroatoms. The van der Waals surface area contributed by atoms with E-state index in [1.54, 1.807) is 0 Å². The Morgan fingerprint density at radius 3 is 1.61 bits per heavy atom. The van der Waals surface area contributed by atoms with Gasteiger partial charge < -0.3 is 0 Å². The summed E-state index contributed by atoms with van der Waals surface area (Å²) >= 11 is 2.16. The molecular weight excluding hydrogens is 422 g/mol. The van der Waals surface area contributed by atoms with Crippen molar-refractivity contribution in [3.05, 3.63) is 20.5 Å². The zero-order chi connectivity index (χ0) is 12.6. The van der Waals surface area contributed by atoms with Crippen LogP contribution in [0.5, 0.6) is 0 Å². The molecule has 0 aromatic rings. The van der Waals surface area contributed by atoms with Gasteiger partial charge in [0.2, 0.25) is 0 Å². The van der Waals surface area contributed by atoms with Crippen molar-refractivity contribution in [2.75, 3.05) is 0 Å². The Bertz CT molecular complexity index is 276. The van der Waals surface area contributed by atoms with Gasteiger partial charge in [-0.3, -0.25) is 0 Å². The summed E-state index contributed by atoms with van der Waals surface area (Å²) < 4.78 is 3.74.